The predicted octanol–water partition coefficient (Wildman–Crippen LogP) is 5.88. The molecule has 0 spiro atoms. The second kappa shape index (κ2) is 7.33. The molecule has 1 N–H and O–H groups in total. The molecular weight excluding hydrogens is 403 g/mol. The Balaban J connectivity index is 1.80. The number of pyridine rings is 1. The SMILES string of the molecule is O=C1CC(c2cccc(-c3ccncc3)c2)=Nc2cc(Cl)c(C(F)(F)F)cc2N1. The van der Waals surface area contributed by atoms with Crippen LogP contribution >= 0.6 is 11.6 Å². The number of amides is 1. The Morgan fingerprint density at radius 3 is 2.41 bits per heavy atom. The van der Waals surface area contributed by atoms with E-state index in [1.54, 1.807) is 18.5 Å². The van der Waals surface area contributed by atoms with E-state index in [-0.39, 0.29) is 17.8 Å². The highest BCUT2D eigenvalue weighted by molar-refractivity contribution is 6.32. The summed E-state index contributed by atoms with van der Waals surface area (Å²) in [6, 6.07) is 13.1. The van der Waals surface area contributed by atoms with E-state index in [1.807, 2.05) is 30.3 Å². The molecule has 0 fully saturated rings. The lowest BCUT2D eigenvalue weighted by atomic mass is 10.0. The third kappa shape index (κ3) is 4.00. The van der Waals surface area contributed by atoms with Crippen molar-refractivity contribution in [3.05, 3.63) is 77.1 Å². The van der Waals surface area contributed by atoms with Gasteiger partial charge in [0.2, 0.25) is 5.91 Å². The quantitative estimate of drug-likeness (QED) is 0.568. The van der Waals surface area contributed by atoms with Gasteiger partial charge >= 0.3 is 6.18 Å². The molecule has 0 saturated heterocycles. The van der Waals surface area contributed by atoms with Gasteiger partial charge in [0.05, 0.1) is 34.1 Å². The first-order valence-corrected chi connectivity index (χ1v) is 8.98. The zero-order chi connectivity index (χ0) is 20.6. The van der Waals surface area contributed by atoms with Crippen LogP contribution in [0.2, 0.25) is 5.02 Å². The molecule has 8 heteroatoms. The minimum absolute atomic E-state index is 0.0213. The smallest absolute Gasteiger partial charge is 0.324 e. The Morgan fingerprint density at radius 2 is 1.69 bits per heavy atom. The lowest BCUT2D eigenvalue weighted by molar-refractivity contribution is -0.137. The van der Waals surface area contributed by atoms with E-state index in [0.717, 1.165) is 23.3 Å². The Bertz CT molecular complexity index is 1130. The second-order valence-electron chi connectivity index (χ2n) is 6.45. The molecule has 2 heterocycles. The molecule has 29 heavy (non-hydrogen) atoms. The van der Waals surface area contributed by atoms with Gasteiger partial charge < -0.3 is 5.32 Å². The van der Waals surface area contributed by atoms with Crippen molar-refractivity contribution in [3.63, 3.8) is 0 Å². The molecule has 146 valence electrons. The summed E-state index contributed by atoms with van der Waals surface area (Å²) in [5.74, 6) is -0.452. The average Bonchev–Trinajstić information content (AvgIpc) is 2.85. The molecule has 0 saturated carbocycles. The van der Waals surface area contributed by atoms with Crippen LogP contribution in [0.5, 0.6) is 0 Å². The van der Waals surface area contributed by atoms with Crippen LogP contribution in [-0.2, 0) is 11.0 Å². The standard InChI is InChI=1S/C21H13ClF3N3O/c22-16-10-19-18(9-15(16)21(23,24)25)28-20(29)11-17(27-19)14-3-1-2-13(8-14)12-4-6-26-7-5-12/h1-10H,11H2,(H,28,29). The zero-order valence-electron chi connectivity index (χ0n) is 14.8. The molecule has 4 rings (SSSR count). The maximum Gasteiger partial charge on any atom is 0.417 e. The van der Waals surface area contributed by atoms with Gasteiger partial charge in [-0.25, -0.2) is 0 Å². The monoisotopic (exact) mass is 415 g/mol. The zero-order valence-corrected chi connectivity index (χ0v) is 15.6. The maximum absolute atomic E-state index is 13.1. The van der Waals surface area contributed by atoms with Gasteiger partial charge in [0.15, 0.2) is 0 Å². The fourth-order valence-corrected chi connectivity index (χ4v) is 3.36. The lowest BCUT2D eigenvalue weighted by Crippen LogP contribution is -2.15. The highest BCUT2D eigenvalue weighted by Crippen LogP contribution is 2.41. The number of nitrogens with one attached hydrogen (secondary N) is 1. The number of aliphatic imine (C=N–C) groups is 1. The van der Waals surface area contributed by atoms with E-state index in [9.17, 15) is 18.0 Å². The van der Waals surface area contributed by atoms with Crippen molar-refractivity contribution >= 4 is 34.6 Å². The Hall–Kier alpha value is -3.19. The molecule has 4 nitrogen and oxygen atoms in total. The maximum atomic E-state index is 13.1. The third-order valence-electron chi connectivity index (χ3n) is 4.46. The van der Waals surface area contributed by atoms with E-state index in [0.29, 0.717) is 11.3 Å². The number of alkyl halides is 3. The average molecular weight is 416 g/mol. The van der Waals surface area contributed by atoms with Crippen molar-refractivity contribution in [1.82, 2.24) is 4.98 Å². The number of halogens is 4. The summed E-state index contributed by atoms with van der Waals surface area (Å²) in [6.45, 7) is 0. The Labute approximate surface area is 169 Å². The Kier molecular flexibility index (Phi) is 4.84. The van der Waals surface area contributed by atoms with Gasteiger partial charge in [-0.3, -0.25) is 14.8 Å². The molecule has 1 aromatic heterocycles. The number of carbonyl (C=O) groups excluding carboxylic acids is 1. The van der Waals surface area contributed by atoms with Crippen LogP contribution in [0.1, 0.15) is 17.5 Å². The first-order chi connectivity index (χ1) is 13.8. The summed E-state index contributed by atoms with van der Waals surface area (Å²) < 4.78 is 39.4. The number of hydrogen-bond acceptors (Lipinski definition) is 3. The number of benzene rings is 2. The molecule has 0 bridgehead atoms. The molecule has 0 unspecified atom stereocenters. The topological polar surface area (TPSA) is 54.4 Å². The minimum Gasteiger partial charge on any atom is -0.324 e. The molecule has 0 atom stereocenters. The fourth-order valence-electron chi connectivity index (χ4n) is 3.09. The van der Waals surface area contributed by atoms with E-state index < -0.39 is 22.7 Å². The van der Waals surface area contributed by atoms with Gasteiger partial charge in [-0.2, -0.15) is 13.2 Å². The van der Waals surface area contributed by atoms with Crippen LogP contribution in [-0.4, -0.2) is 16.6 Å². The molecule has 1 aliphatic rings. The highest BCUT2D eigenvalue weighted by Gasteiger charge is 2.34. The molecular formula is C21H13ClF3N3O. The highest BCUT2D eigenvalue weighted by atomic mass is 35.5. The lowest BCUT2D eigenvalue weighted by Gasteiger charge is -2.12. The molecule has 1 amide bonds. The van der Waals surface area contributed by atoms with Crippen LogP contribution in [0.25, 0.3) is 11.1 Å². The van der Waals surface area contributed by atoms with E-state index in [1.165, 1.54) is 0 Å². The van der Waals surface area contributed by atoms with Gasteiger partial charge in [0.25, 0.3) is 0 Å². The Morgan fingerprint density at radius 1 is 0.966 bits per heavy atom. The summed E-state index contributed by atoms with van der Waals surface area (Å²) in [4.78, 5) is 20.8. The third-order valence-corrected chi connectivity index (χ3v) is 4.77. The summed E-state index contributed by atoms with van der Waals surface area (Å²) >= 11 is 5.83. The van der Waals surface area contributed by atoms with Crippen molar-refractivity contribution in [2.24, 2.45) is 4.99 Å². The van der Waals surface area contributed by atoms with E-state index >= 15 is 0 Å². The van der Waals surface area contributed by atoms with Crippen LogP contribution in [0.15, 0.2) is 65.9 Å². The second-order valence-corrected chi connectivity index (χ2v) is 6.85. The van der Waals surface area contributed by atoms with Gasteiger partial charge in [-0.1, -0.05) is 29.8 Å². The first kappa shape index (κ1) is 19.1. The first-order valence-electron chi connectivity index (χ1n) is 8.60. The number of rotatable bonds is 2. The van der Waals surface area contributed by atoms with Crippen LogP contribution in [0.3, 0.4) is 0 Å². The fraction of sp³-hybridized carbons (Fsp3) is 0.0952. The molecule has 1 aliphatic heterocycles. The summed E-state index contributed by atoms with van der Waals surface area (Å²) in [6.07, 6.45) is -1.35. The van der Waals surface area contributed by atoms with Crippen molar-refractivity contribution in [1.29, 1.82) is 0 Å². The normalized spacial score (nSPS) is 13.9. The number of nitrogens with zero attached hydrogens (tertiary/aromatic N) is 2. The van der Waals surface area contributed by atoms with Gasteiger partial charge in [0, 0.05) is 12.4 Å². The van der Waals surface area contributed by atoms with Crippen molar-refractivity contribution < 1.29 is 18.0 Å². The largest absolute Gasteiger partial charge is 0.417 e. The minimum atomic E-state index is -4.63. The molecule has 3 aromatic rings. The number of anilines is 1. The molecule has 2 aromatic carbocycles. The summed E-state index contributed by atoms with van der Waals surface area (Å²) in [7, 11) is 0. The van der Waals surface area contributed by atoms with Gasteiger partial charge in [0.1, 0.15) is 0 Å². The van der Waals surface area contributed by atoms with E-state index in [2.05, 4.69) is 15.3 Å². The summed E-state index contributed by atoms with van der Waals surface area (Å²) in [5, 5.41) is 2.02. The van der Waals surface area contributed by atoms with Crippen LogP contribution in [0, 0.1) is 0 Å². The number of aromatic nitrogens is 1. The molecule has 0 aliphatic carbocycles. The number of hydrogen-bond donors (Lipinski definition) is 1. The van der Waals surface area contributed by atoms with Crippen molar-refractivity contribution in [2.75, 3.05) is 5.32 Å². The van der Waals surface area contributed by atoms with Crippen molar-refractivity contribution in [2.45, 2.75) is 12.6 Å². The predicted molar refractivity (Wildman–Crippen MR) is 106 cm³/mol. The van der Waals surface area contributed by atoms with Crippen LogP contribution in [0.4, 0.5) is 24.5 Å². The summed E-state index contributed by atoms with van der Waals surface area (Å²) in [5.41, 5.74) is 2.12. The van der Waals surface area contributed by atoms with Crippen LogP contribution < -0.4 is 5.32 Å². The number of carbonyl (C=O) groups is 1. The molecule has 0 radical (unpaired) electrons. The van der Waals surface area contributed by atoms with E-state index in [4.69, 9.17) is 11.6 Å². The van der Waals surface area contributed by atoms with Gasteiger partial charge in [-0.05, 0) is 47.0 Å². The van der Waals surface area contributed by atoms with Crippen molar-refractivity contribution in [3.8, 4) is 11.1 Å². The number of fused-ring (bicyclic) bond motifs is 1. The van der Waals surface area contributed by atoms with Gasteiger partial charge in [-0.15, -0.1) is 0 Å².